The van der Waals surface area contributed by atoms with E-state index in [-0.39, 0.29) is 11.9 Å². The van der Waals surface area contributed by atoms with E-state index in [1.165, 1.54) is 6.26 Å². The van der Waals surface area contributed by atoms with Crippen LogP contribution in [0.1, 0.15) is 35.0 Å². The standard InChI is InChI=1S/C17H19NO4/c1-20-12-7-8-13(16(11-12)21-2)14-5-3-9-18(14)17(19)15-6-4-10-22-15/h4,6-8,10-11,14H,3,5,9H2,1-2H3/t14-/m1/s1. The number of nitrogens with zero attached hydrogens (tertiary/aromatic N) is 1. The Bertz CT molecular complexity index is 651. The van der Waals surface area contributed by atoms with Gasteiger partial charge in [-0.05, 0) is 37.1 Å². The number of carbonyl (C=O) groups is 1. The summed E-state index contributed by atoms with van der Waals surface area (Å²) in [5.41, 5.74) is 1.00. The summed E-state index contributed by atoms with van der Waals surface area (Å²) in [6.45, 7) is 0.722. The van der Waals surface area contributed by atoms with Gasteiger partial charge in [-0.3, -0.25) is 4.79 Å². The molecule has 0 spiro atoms. The van der Waals surface area contributed by atoms with E-state index in [4.69, 9.17) is 13.9 Å². The fraction of sp³-hybridized carbons (Fsp3) is 0.353. The molecule has 5 heteroatoms. The molecule has 2 heterocycles. The highest BCUT2D eigenvalue weighted by Gasteiger charge is 2.33. The average Bonchev–Trinajstić information content (AvgIpc) is 3.24. The largest absolute Gasteiger partial charge is 0.497 e. The van der Waals surface area contributed by atoms with E-state index >= 15 is 0 Å². The topological polar surface area (TPSA) is 51.9 Å². The summed E-state index contributed by atoms with van der Waals surface area (Å²) in [5, 5.41) is 0. The molecule has 1 aliphatic heterocycles. The fourth-order valence-corrected chi connectivity index (χ4v) is 2.97. The molecular formula is C17H19NO4. The molecule has 1 aromatic heterocycles. The lowest BCUT2D eigenvalue weighted by Crippen LogP contribution is -2.30. The van der Waals surface area contributed by atoms with Gasteiger partial charge in [-0.1, -0.05) is 0 Å². The number of benzene rings is 1. The molecule has 116 valence electrons. The van der Waals surface area contributed by atoms with Crippen LogP contribution < -0.4 is 9.47 Å². The minimum atomic E-state index is -0.0784. The van der Waals surface area contributed by atoms with E-state index in [0.29, 0.717) is 5.76 Å². The summed E-state index contributed by atoms with van der Waals surface area (Å²) in [5.74, 6) is 1.77. The molecule has 0 unspecified atom stereocenters. The van der Waals surface area contributed by atoms with Crippen LogP contribution in [0.15, 0.2) is 41.0 Å². The molecule has 0 N–H and O–H groups in total. The number of furan rings is 1. The first-order valence-electron chi connectivity index (χ1n) is 7.31. The quantitative estimate of drug-likeness (QED) is 0.869. The lowest BCUT2D eigenvalue weighted by atomic mass is 10.0. The van der Waals surface area contributed by atoms with Gasteiger partial charge in [-0.15, -0.1) is 0 Å². The van der Waals surface area contributed by atoms with Crippen molar-refractivity contribution in [2.24, 2.45) is 0 Å². The summed E-state index contributed by atoms with van der Waals surface area (Å²) in [4.78, 5) is 14.4. The van der Waals surface area contributed by atoms with Gasteiger partial charge in [0.05, 0.1) is 26.5 Å². The summed E-state index contributed by atoms with van der Waals surface area (Å²) >= 11 is 0. The Morgan fingerprint density at radius 2 is 2.14 bits per heavy atom. The number of rotatable bonds is 4. The van der Waals surface area contributed by atoms with Crippen LogP contribution in [0.4, 0.5) is 0 Å². The third-order valence-electron chi connectivity index (χ3n) is 4.05. The van der Waals surface area contributed by atoms with Gasteiger partial charge in [-0.2, -0.15) is 0 Å². The number of ether oxygens (including phenoxy) is 2. The van der Waals surface area contributed by atoms with Gasteiger partial charge in [0.1, 0.15) is 11.5 Å². The zero-order valence-corrected chi connectivity index (χ0v) is 12.7. The van der Waals surface area contributed by atoms with Gasteiger partial charge < -0.3 is 18.8 Å². The molecule has 1 fully saturated rings. The van der Waals surface area contributed by atoms with Crippen molar-refractivity contribution in [3.63, 3.8) is 0 Å². The highest BCUT2D eigenvalue weighted by Crippen LogP contribution is 2.39. The first kappa shape index (κ1) is 14.5. The molecule has 0 bridgehead atoms. The van der Waals surface area contributed by atoms with E-state index in [9.17, 15) is 4.79 Å². The second-order valence-corrected chi connectivity index (χ2v) is 5.24. The van der Waals surface area contributed by atoms with Gasteiger partial charge >= 0.3 is 0 Å². The summed E-state index contributed by atoms with van der Waals surface area (Å²) in [6.07, 6.45) is 3.40. The molecule has 0 aliphatic carbocycles. The number of carbonyl (C=O) groups excluding carboxylic acids is 1. The maximum absolute atomic E-state index is 12.6. The van der Waals surface area contributed by atoms with Gasteiger partial charge in [0.25, 0.3) is 5.91 Å². The molecule has 1 atom stereocenters. The monoisotopic (exact) mass is 301 g/mol. The first-order chi connectivity index (χ1) is 10.7. The lowest BCUT2D eigenvalue weighted by Gasteiger charge is -2.25. The molecule has 1 aliphatic rings. The normalized spacial score (nSPS) is 17.5. The van der Waals surface area contributed by atoms with Gasteiger partial charge in [0.15, 0.2) is 5.76 Å². The molecule has 2 aromatic rings. The highest BCUT2D eigenvalue weighted by atomic mass is 16.5. The Labute approximate surface area is 129 Å². The Morgan fingerprint density at radius 1 is 1.27 bits per heavy atom. The van der Waals surface area contributed by atoms with Crippen LogP contribution in [0.25, 0.3) is 0 Å². The Kier molecular flexibility index (Phi) is 4.04. The molecule has 22 heavy (non-hydrogen) atoms. The predicted molar refractivity (Wildman–Crippen MR) is 81.3 cm³/mol. The Hall–Kier alpha value is -2.43. The van der Waals surface area contributed by atoms with E-state index in [1.54, 1.807) is 26.4 Å². The molecule has 0 radical (unpaired) electrons. The van der Waals surface area contributed by atoms with Crippen molar-refractivity contribution in [3.8, 4) is 11.5 Å². The third kappa shape index (κ3) is 2.54. The number of hydrogen-bond donors (Lipinski definition) is 0. The molecule has 3 rings (SSSR count). The Morgan fingerprint density at radius 3 is 2.82 bits per heavy atom. The minimum Gasteiger partial charge on any atom is -0.497 e. The van der Waals surface area contributed by atoms with Crippen LogP contribution in [0, 0.1) is 0 Å². The summed E-state index contributed by atoms with van der Waals surface area (Å²) < 4.78 is 16.0. The first-order valence-corrected chi connectivity index (χ1v) is 7.31. The average molecular weight is 301 g/mol. The maximum Gasteiger partial charge on any atom is 0.290 e. The number of methoxy groups -OCH3 is 2. The van der Waals surface area contributed by atoms with Crippen molar-refractivity contribution in [1.29, 1.82) is 0 Å². The van der Waals surface area contributed by atoms with Crippen LogP contribution >= 0.6 is 0 Å². The van der Waals surface area contributed by atoms with Crippen molar-refractivity contribution in [2.75, 3.05) is 20.8 Å². The van der Waals surface area contributed by atoms with Gasteiger partial charge in [0.2, 0.25) is 0 Å². The molecule has 1 aromatic carbocycles. The molecule has 5 nitrogen and oxygen atoms in total. The van der Waals surface area contributed by atoms with Crippen molar-refractivity contribution in [1.82, 2.24) is 4.90 Å². The highest BCUT2D eigenvalue weighted by molar-refractivity contribution is 5.92. The molecule has 1 amide bonds. The number of likely N-dealkylation sites (tertiary alicyclic amines) is 1. The smallest absolute Gasteiger partial charge is 0.290 e. The third-order valence-corrected chi connectivity index (χ3v) is 4.05. The number of hydrogen-bond acceptors (Lipinski definition) is 4. The maximum atomic E-state index is 12.6. The zero-order chi connectivity index (χ0) is 15.5. The van der Waals surface area contributed by atoms with Crippen molar-refractivity contribution < 1.29 is 18.7 Å². The van der Waals surface area contributed by atoms with E-state index < -0.39 is 0 Å². The fourth-order valence-electron chi connectivity index (χ4n) is 2.97. The van der Waals surface area contributed by atoms with Crippen LogP contribution in [0.5, 0.6) is 11.5 Å². The van der Waals surface area contributed by atoms with Crippen molar-refractivity contribution >= 4 is 5.91 Å². The van der Waals surface area contributed by atoms with Crippen LogP contribution in [0.2, 0.25) is 0 Å². The minimum absolute atomic E-state index is 0.00143. The van der Waals surface area contributed by atoms with Crippen LogP contribution in [0.3, 0.4) is 0 Å². The second-order valence-electron chi connectivity index (χ2n) is 5.24. The van der Waals surface area contributed by atoms with Crippen LogP contribution in [-0.2, 0) is 0 Å². The van der Waals surface area contributed by atoms with Crippen molar-refractivity contribution in [3.05, 3.63) is 47.9 Å². The zero-order valence-electron chi connectivity index (χ0n) is 12.7. The predicted octanol–water partition coefficient (Wildman–Crippen LogP) is 3.27. The molecule has 1 saturated heterocycles. The van der Waals surface area contributed by atoms with E-state index in [0.717, 1.165) is 36.4 Å². The van der Waals surface area contributed by atoms with Crippen molar-refractivity contribution in [2.45, 2.75) is 18.9 Å². The van der Waals surface area contributed by atoms with E-state index in [1.807, 2.05) is 23.1 Å². The van der Waals surface area contributed by atoms with Crippen LogP contribution in [-0.4, -0.2) is 31.6 Å². The SMILES string of the molecule is COc1ccc([C@H]2CCCN2C(=O)c2ccco2)c(OC)c1. The Balaban J connectivity index is 1.91. The summed E-state index contributed by atoms with van der Waals surface area (Å²) in [7, 11) is 3.25. The second kappa shape index (κ2) is 6.13. The van der Waals surface area contributed by atoms with E-state index in [2.05, 4.69) is 0 Å². The molecule has 0 saturated carbocycles. The molecular weight excluding hydrogens is 282 g/mol. The van der Waals surface area contributed by atoms with Gasteiger partial charge in [0, 0.05) is 18.2 Å². The summed E-state index contributed by atoms with van der Waals surface area (Å²) in [6, 6.07) is 9.14. The van der Waals surface area contributed by atoms with Gasteiger partial charge in [-0.25, -0.2) is 0 Å². The lowest BCUT2D eigenvalue weighted by molar-refractivity contribution is 0.0702. The number of amides is 1.